The molecule has 1 unspecified atom stereocenters. The number of nitrogens with one attached hydrogen (secondary N) is 1. The van der Waals surface area contributed by atoms with Crippen LogP contribution in [-0.4, -0.2) is 18.6 Å². The molecule has 2 aromatic carbocycles. The third-order valence-electron chi connectivity index (χ3n) is 3.61. The monoisotopic (exact) mass is 339 g/mol. The largest absolute Gasteiger partial charge is 0.491 e. The van der Waals surface area contributed by atoms with Crippen LogP contribution in [0.4, 0.5) is 5.69 Å². The Kier molecular flexibility index (Phi) is 6.63. The maximum Gasteiger partial charge on any atom is 0.255 e. The summed E-state index contributed by atoms with van der Waals surface area (Å²) in [5, 5.41) is 2.89. The summed E-state index contributed by atoms with van der Waals surface area (Å²) in [4.78, 5) is 12.4. The van der Waals surface area contributed by atoms with Crippen molar-refractivity contribution in [3.05, 3.63) is 66.2 Å². The second kappa shape index (κ2) is 8.92. The van der Waals surface area contributed by atoms with Crippen LogP contribution in [0.3, 0.4) is 0 Å². The first-order valence-electron chi connectivity index (χ1n) is 8.43. The average Bonchev–Trinajstić information content (AvgIpc) is 2.60. The molecular formula is C21H25NO3. The molecule has 4 heteroatoms. The normalized spacial score (nSPS) is 11.5. The molecule has 2 rings (SSSR count). The molecule has 0 aliphatic heterocycles. The molecule has 0 saturated heterocycles. The Hall–Kier alpha value is -2.75. The van der Waals surface area contributed by atoms with Crippen molar-refractivity contribution in [2.45, 2.75) is 33.3 Å². The van der Waals surface area contributed by atoms with Crippen LogP contribution < -0.4 is 14.8 Å². The maximum absolute atomic E-state index is 12.4. The second-order valence-electron chi connectivity index (χ2n) is 6.09. The second-order valence-corrected chi connectivity index (χ2v) is 6.09. The first-order chi connectivity index (χ1) is 12.0. The van der Waals surface area contributed by atoms with Crippen molar-refractivity contribution in [1.29, 1.82) is 0 Å². The minimum absolute atomic E-state index is 0.137. The van der Waals surface area contributed by atoms with Crippen molar-refractivity contribution >= 4 is 11.6 Å². The molecule has 132 valence electrons. The van der Waals surface area contributed by atoms with E-state index in [0.717, 1.165) is 17.7 Å². The Morgan fingerprint density at radius 2 is 1.88 bits per heavy atom. The minimum atomic E-state index is -0.174. The molecule has 4 nitrogen and oxygen atoms in total. The van der Waals surface area contributed by atoms with E-state index in [-0.39, 0.29) is 12.0 Å². The van der Waals surface area contributed by atoms with Crippen LogP contribution in [0.2, 0.25) is 0 Å². The van der Waals surface area contributed by atoms with Crippen molar-refractivity contribution in [3.8, 4) is 11.5 Å². The van der Waals surface area contributed by atoms with E-state index in [9.17, 15) is 4.79 Å². The molecule has 1 N–H and O–H groups in total. The number of anilines is 1. The lowest BCUT2D eigenvalue weighted by molar-refractivity contribution is 0.102. The van der Waals surface area contributed by atoms with Gasteiger partial charge in [0, 0.05) is 17.3 Å². The van der Waals surface area contributed by atoms with Crippen molar-refractivity contribution < 1.29 is 14.3 Å². The fourth-order valence-corrected chi connectivity index (χ4v) is 2.08. The topological polar surface area (TPSA) is 47.6 Å². The van der Waals surface area contributed by atoms with Crippen LogP contribution in [0, 0.1) is 0 Å². The minimum Gasteiger partial charge on any atom is -0.491 e. The molecule has 0 radical (unpaired) electrons. The van der Waals surface area contributed by atoms with Gasteiger partial charge in [-0.1, -0.05) is 19.6 Å². The third-order valence-corrected chi connectivity index (χ3v) is 3.61. The Balaban J connectivity index is 1.99. The predicted molar refractivity (Wildman–Crippen MR) is 102 cm³/mol. The van der Waals surface area contributed by atoms with Gasteiger partial charge in [0.2, 0.25) is 0 Å². The van der Waals surface area contributed by atoms with Crippen LogP contribution in [0.5, 0.6) is 11.5 Å². The number of amides is 1. The SMILES string of the molecule is C=C(C)COc1ccc(C(=O)Nc2cccc(OC(C)CC)c2)cc1. The first kappa shape index (κ1) is 18.6. The highest BCUT2D eigenvalue weighted by molar-refractivity contribution is 6.04. The summed E-state index contributed by atoms with van der Waals surface area (Å²) < 4.78 is 11.3. The Labute approximate surface area is 149 Å². The number of rotatable bonds is 8. The van der Waals surface area contributed by atoms with Gasteiger partial charge >= 0.3 is 0 Å². The zero-order valence-electron chi connectivity index (χ0n) is 15.0. The highest BCUT2D eigenvalue weighted by Crippen LogP contribution is 2.20. The summed E-state index contributed by atoms with van der Waals surface area (Å²) in [6.07, 6.45) is 1.06. The maximum atomic E-state index is 12.4. The van der Waals surface area contributed by atoms with E-state index in [2.05, 4.69) is 18.8 Å². The van der Waals surface area contributed by atoms with Crippen LogP contribution in [0.25, 0.3) is 0 Å². The molecule has 1 amide bonds. The quantitative estimate of drug-likeness (QED) is 0.683. The summed E-state index contributed by atoms with van der Waals surface area (Å²) in [6, 6.07) is 14.4. The highest BCUT2D eigenvalue weighted by Gasteiger charge is 2.08. The first-order valence-corrected chi connectivity index (χ1v) is 8.43. The third kappa shape index (κ3) is 5.99. The van der Waals surface area contributed by atoms with E-state index in [1.54, 1.807) is 24.3 Å². The average molecular weight is 339 g/mol. The molecule has 0 saturated carbocycles. The van der Waals surface area contributed by atoms with Gasteiger partial charge in [-0.3, -0.25) is 4.79 Å². The molecule has 0 aliphatic rings. The smallest absolute Gasteiger partial charge is 0.255 e. The number of carbonyl (C=O) groups excluding carboxylic acids is 1. The molecule has 2 aromatic rings. The van der Waals surface area contributed by atoms with Crippen LogP contribution in [-0.2, 0) is 0 Å². The lowest BCUT2D eigenvalue weighted by Crippen LogP contribution is -2.13. The summed E-state index contributed by atoms with van der Waals surface area (Å²) >= 11 is 0. The molecule has 0 spiro atoms. The number of benzene rings is 2. The Morgan fingerprint density at radius 3 is 2.52 bits per heavy atom. The van der Waals surface area contributed by atoms with Crippen LogP contribution in [0.15, 0.2) is 60.7 Å². The van der Waals surface area contributed by atoms with Crippen molar-refractivity contribution in [1.82, 2.24) is 0 Å². The van der Waals surface area contributed by atoms with Gasteiger partial charge in [0.1, 0.15) is 18.1 Å². The van der Waals surface area contributed by atoms with E-state index in [0.29, 0.717) is 23.6 Å². The van der Waals surface area contributed by atoms with E-state index < -0.39 is 0 Å². The van der Waals surface area contributed by atoms with Crippen molar-refractivity contribution in [2.75, 3.05) is 11.9 Å². The van der Waals surface area contributed by atoms with Gasteiger partial charge in [0.05, 0.1) is 6.10 Å². The summed E-state index contributed by atoms with van der Waals surface area (Å²) in [6.45, 7) is 10.3. The molecular weight excluding hydrogens is 314 g/mol. The summed E-state index contributed by atoms with van der Waals surface area (Å²) in [7, 11) is 0. The van der Waals surface area contributed by atoms with Gasteiger partial charge in [-0.2, -0.15) is 0 Å². The van der Waals surface area contributed by atoms with Gasteiger partial charge in [-0.25, -0.2) is 0 Å². The fourth-order valence-electron chi connectivity index (χ4n) is 2.08. The van der Waals surface area contributed by atoms with Crippen molar-refractivity contribution in [3.63, 3.8) is 0 Å². The Morgan fingerprint density at radius 1 is 1.16 bits per heavy atom. The highest BCUT2D eigenvalue weighted by atomic mass is 16.5. The van der Waals surface area contributed by atoms with Gasteiger partial charge in [0.15, 0.2) is 0 Å². The predicted octanol–water partition coefficient (Wildman–Crippen LogP) is 5.07. The van der Waals surface area contributed by atoms with Crippen LogP contribution >= 0.6 is 0 Å². The lowest BCUT2D eigenvalue weighted by Gasteiger charge is -2.13. The molecule has 0 fully saturated rings. The van der Waals surface area contributed by atoms with Gasteiger partial charge in [-0.15, -0.1) is 0 Å². The zero-order valence-corrected chi connectivity index (χ0v) is 15.0. The number of hydrogen-bond acceptors (Lipinski definition) is 3. The van der Waals surface area contributed by atoms with Gasteiger partial charge in [-0.05, 0) is 62.2 Å². The van der Waals surface area contributed by atoms with Gasteiger partial charge in [0.25, 0.3) is 5.91 Å². The summed E-state index contributed by atoms with van der Waals surface area (Å²) in [5.74, 6) is 1.28. The number of ether oxygens (including phenoxy) is 2. The van der Waals surface area contributed by atoms with Crippen LogP contribution in [0.1, 0.15) is 37.6 Å². The molecule has 1 atom stereocenters. The van der Waals surface area contributed by atoms with Gasteiger partial charge < -0.3 is 14.8 Å². The van der Waals surface area contributed by atoms with E-state index in [1.165, 1.54) is 0 Å². The fraction of sp³-hybridized carbons (Fsp3) is 0.286. The Bertz CT molecular complexity index is 722. The number of carbonyl (C=O) groups is 1. The molecule has 0 bridgehead atoms. The molecule has 0 heterocycles. The number of hydrogen-bond donors (Lipinski definition) is 1. The lowest BCUT2D eigenvalue weighted by atomic mass is 10.2. The molecule has 0 aromatic heterocycles. The molecule has 25 heavy (non-hydrogen) atoms. The zero-order chi connectivity index (χ0) is 18.2. The van der Waals surface area contributed by atoms with E-state index >= 15 is 0 Å². The van der Waals surface area contributed by atoms with E-state index in [1.807, 2.05) is 38.1 Å². The van der Waals surface area contributed by atoms with Crippen molar-refractivity contribution in [2.24, 2.45) is 0 Å². The van der Waals surface area contributed by atoms with E-state index in [4.69, 9.17) is 9.47 Å². The molecule has 0 aliphatic carbocycles. The standard InChI is InChI=1S/C21H25NO3/c1-5-16(4)25-20-8-6-7-18(13-20)22-21(23)17-9-11-19(12-10-17)24-14-15(2)3/h6-13,16H,2,5,14H2,1,3-4H3,(H,22,23). The summed E-state index contributed by atoms with van der Waals surface area (Å²) in [5.41, 5.74) is 2.21.